The number of ether oxygens (including phenoxy) is 2. The van der Waals surface area contributed by atoms with E-state index < -0.39 is 47.8 Å². The average molecular weight is 636 g/mol. The predicted molar refractivity (Wildman–Crippen MR) is 164 cm³/mol. The van der Waals surface area contributed by atoms with Crippen molar-refractivity contribution in [2.75, 3.05) is 19.7 Å². The molecule has 4 aliphatic heterocycles. The van der Waals surface area contributed by atoms with Crippen LogP contribution in [0.4, 0.5) is 4.39 Å². The van der Waals surface area contributed by atoms with E-state index in [4.69, 9.17) is 9.47 Å². The molecule has 0 radical (unpaired) electrons. The first kappa shape index (κ1) is 33.3. The predicted octanol–water partition coefficient (Wildman–Crippen LogP) is 1.73. The molecular weight excluding hydrogens is 589 g/mol. The zero-order chi connectivity index (χ0) is 31.4. The topological polar surface area (TPSA) is 149 Å². The largest absolute Gasteiger partial charge is 0.388 e. The summed E-state index contributed by atoms with van der Waals surface area (Å²) in [6.07, 6.45) is 2.35. The lowest BCUT2D eigenvalue weighted by molar-refractivity contribution is -0.205. The van der Waals surface area contributed by atoms with Gasteiger partial charge in [0.05, 0.1) is 12.1 Å². The van der Waals surface area contributed by atoms with Crippen LogP contribution in [-0.2, 0) is 14.3 Å². The molecule has 0 spiro atoms. The van der Waals surface area contributed by atoms with Gasteiger partial charge in [-0.15, -0.1) is 11.8 Å². The quantitative estimate of drug-likeness (QED) is 0.247. The highest BCUT2D eigenvalue weighted by molar-refractivity contribution is 8.00. The SMILES string of the molecule is CC(C)CC1CCOC2C(CNC2C(=O)N[C@@H]2C/C=C\C[C@H](CNC(=O)c3ccc(F)cc3)S[C@H]3O[C@H]2[C@H](O)[C@H](O)[C@H]3O)C1. The summed E-state index contributed by atoms with van der Waals surface area (Å²) in [7, 11) is 0. The maximum absolute atomic E-state index is 13.6. The Balaban J connectivity index is 1.24. The fourth-order valence-corrected chi connectivity index (χ4v) is 8.21. The van der Waals surface area contributed by atoms with E-state index in [1.54, 1.807) is 0 Å². The summed E-state index contributed by atoms with van der Waals surface area (Å²) >= 11 is 1.25. The van der Waals surface area contributed by atoms with Crippen molar-refractivity contribution in [1.82, 2.24) is 16.0 Å². The molecule has 12 heteroatoms. The monoisotopic (exact) mass is 635 g/mol. The van der Waals surface area contributed by atoms with Crippen LogP contribution in [-0.4, -0.2) is 100 Å². The molecule has 5 rings (SSSR count). The van der Waals surface area contributed by atoms with Crippen LogP contribution in [0.5, 0.6) is 0 Å². The van der Waals surface area contributed by atoms with Crippen molar-refractivity contribution in [2.24, 2.45) is 17.8 Å². The van der Waals surface area contributed by atoms with Crippen LogP contribution in [0.2, 0.25) is 0 Å². The van der Waals surface area contributed by atoms with Crippen LogP contribution < -0.4 is 16.0 Å². The molecule has 10 nitrogen and oxygen atoms in total. The van der Waals surface area contributed by atoms with Gasteiger partial charge in [-0.2, -0.15) is 0 Å². The number of hydrogen-bond donors (Lipinski definition) is 6. The third-order valence-electron chi connectivity index (χ3n) is 9.16. The first-order valence-corrected chi connectivity index (χ1v) is 16.7. The second-order valence-electron chi connectivity index (χ2n) is 13.0. The number of benzene rings is 1. The van der Waals surface area contributed by atoms with E-state index >= 15 is 0 Å². The number of rotatable bonds is 7. The summed E-state index contributed by atoms with van der Waals surface area (Å²) in [6.45, 7) is 6.02. The number of aliphatic hydroxyl groups excluding tert-OH is 3. The first-order valence-electron chi connectivity index (χ1n) is 15.8. The molecule has 0 saturated carbocycles. The minimum atomic E-state index is -1.49. The van der Waals surface area contributed by atoms with E-state index in [-0.39, 0.29) is 35.6 Å². The molecule has 44 heavy (non-hydrogen) atoms. The number of thioether (sulfide) groups is 1. The number of allylic oxidation sites excluding steroid dienone is 1. The number of carbonyl (C=O) groups is 2. The van der Waals surface area contributed by atoms with Crippen LogP contribution in [0, 0.1) is 23.6 Å². The number of aliphatic hydroxyl groups is 3. The van der Waals surface area contributed by atoms with Crippen molar-refractivity contribution in [3.05, 3.63) is 47.8 Å². The Hall–Kier alpha value is -2.06. The van der Waals surface area contributed by atoms with Gasteiger partial charge in [0.25, 0.3) is 5.91 Å². The molecule has 0 aromatic heterocycles. The van der Waals surface area contributed by atoms with Gasteiger partial charge in [-0.25, -0.2) is 4.39 Å². The molecule has 0 aliphatic carbocycles. The van der Waals surface area contributed by atoms with Gasteiger partial charge < -0.3 is 40.7 Å². The van der Waals surface area contributed by atoms with Crippen molar-refractivity contribution in [3.63, 3.8) is 0 Å². The number of hydrogen-bond acceptors (Lipinski definition) is 9. The molecule has 4 aliphatic rings. The Morgan fingerprint density at radius 1 is 1.07 bits per heavy atom. The molecule has 3 saturated heterocycles. The van der Waals surface area contributed by atoms with Crippen molar-refractivity contribution in [3.8, 4) is 0 Å². The highest BCUT2D eigenvalue weighted by Crippen LogP contribution is 2.36. The number of nitrogens with one attached hydrogen (secondary N) is 3. The molecule has 2 bridgehead atoms. The van der Waals surface area contributed by atoms with Crippen LogP contribution in [0.1, 0.15) is 56.3 Å². The molecule has 6 N–H and O–H groups in total. The van der Waals surface area contributed by atoms with Gasteiger partial charge in [-0.3, -0.25) is 9.59 Å². The van der Waals surface area contributed by atoms with Crippen LogP contribution in [0.15, 0.2) is 36.4 Å². The summed E-state index contributed by atoms with van der Waals surface area (Å²) < 4.78 is 25.7. The molecule has 4 heterocycles. The second-order valence-corrected chi connectivity index (χ2v) is 14.4. The molecule has 3 fully saturated rings. The second kappa shape index (κ2) is 15.0. The smallest absolute Gasteiger partial charge is 0.251 e. The fraction of sp³-hybridized carbons (Fsp3) is 0.688. The highest BCUT2D eigenvalue weighted by atomic mass is 32.2. The van der Waals surface area contributed by atoms with Gasteiger partial charge in [0.15, 0.2) is 0 Å². The Morgan fingerprint density at radius 2 is 1.82 bits per heavy atom. The third kappa shape index (κ3) is 8.01. The Morgan fingerprint density at radius 3 is 2.57 bits per heavy atom. The lowest BCUT2D eigenvalue weighted by atomic mass is 9.85. The van der Waals surface area contributed by atoms with Gasteiger partial charge in [0, 0.05) is 30.5 Å². The van der Waals surface area contributed by atoms with Gasteiger partial charge in [-0.05, 0) is 74.1 Å². The highest BCUT2D eigenvalue weighted by Gasteiger charge is 2.49. The van der Waals surface area contributed by atoms with Crippen molar-refractivity contribution < 1.29 is 38.8 Å². The van der Waals surface area contributed by atoms with E-state index in [2.05, 4.69) is 29.8 Å². The summed E-state index contributed by atoms with van der Waals surface area (Å²) in [6, 6.07) is 4.06. The minimum Gasteiger partial charge on any atom is -0.388 e. The van der Waals surface area contributed by atoms with Gasteiger partial charge in [0.1, 0.15) is 41.7 Å². The molecule has 11 atom stereocenters. The van der Waals surface area contributed by atoms with Crippen molar-refractivity contribution >= 4 is 23.6 Å². The molecule has 2 amide bonds. The van der Waals surface area contributed by atoms with Gasteiger partial charge >= 0.3 is 0 Å². The molecule has 4 unspecified atom stereocenters. The third-order valence-corrected chi connectivity index (χ3v) is 10.6. The van der Waals surface area contributed by atoms with E-state index in [0.717, 1.165) is 19.3 Å². The standard InChI is InChI=1S/C32H46FN3O7S/c1-17(2)13-18-11-12-42-28-20(14-18)15-34-24(28)31(41)36-23-6-4-3-5-22(16-35-30(40)19-7-9-21(33)10-8-19)44-32-27(39)25(37)26(38)29(23)43-32/h3-4,7-10,17-18,20,22-29,32,34,37-39H,5-6,11-16H2,1-2H3,(H,35,40)(H,36,41)/b4-3-/t18?,20?,22-,23-,24?,25+,26-,27-,28?,29-,32-/m1/s1. The minimum absolute atomic E-state index is 0.226. The molecule has 1 aromatic carbocycles. The Kier molecular flexibility index (Phi) is 11.4. The lowest BCUT2D eigenvalue weighted by Crippen LogP contribution is -2.64. The van der Waals surface area contributed by atoms with E-state index in [1.165, 1.54) is 36.0 Å². The fourth-order valence-electron chi connectivity index (χ4n) is 6.92. The number of amides is 2. The van der Waals surface area contributed by atoms with Crippen molar-refractivity contribution in [2.45, 2.75) is 99.2 Å². The molecule has 1 aromatic rings. The van der Waals surface area contributed by atoms with E-state index in [9.17, 15) is 29.3 Å². The van der Waals surface area contributed by atoms with Gasteiger partial charge in [0.2, 0.25) is 5.91 Å². The number of halogens is 1. The van der Waals surface area contributed by atoms with E-state index in [0.29, 0.717) is 43.4 Å². The normalized spacial score (nSPS) is 38.3. The number of fused-ring (bicyclic) bond motifs is 3. The Labute approximate surface area is 262 Å². The summed E-state index contributed by atoms with van der Waals surface area (Å²) in [5, 5.41) is 41.6. The maximum Gasteiger partial charge on any atom is 0.251 e. The van der Waals surface area contributed by atoms with Crippen LogP contribution >= 0.6 is 11.8 Å². The zero-order valence-corrected chi connectivity index (χ0v) is 26.1. The van der Waals surface area contributed by atoms with E-state index in [1.807, 2.05) is 12.2 Å². The maximum atomic E-state index is 13.6. The number of carbonyl (C=O) groups excluding carboxylic acids is 2. The Bertz CT molecular complexity index is 1160. The average Bonchev–Trinajstić information content (AvgIpc) is 3.28. The lowest BCUT2D eigenvalue weighted by Gasteiger charge is -2.44. The van der Waals surface area contributed by atoms with Crippen molar-refractivity contribution in [1.29, 1.82) is 0 Å². The van der Waals surface area contributed by atoms with Crippen LogP contribution in [0.25, 0.3) is 0 Å². The molecule has 244 valence electrons. The molecular formula is C32H46FN3O7S. The summed E-state index contributed by atoms with van der Waals surface area (Å²) in [4.78, 5) is 26.2. The first-order chi connectivity index (χ1) is 21.1. The van der Waals surface area contributed by atoms with Crippen LogP contribution in [0.3, 0.4) is 0 Å². The van der Waals surface area contributed by atoms with Gasteiger partial charge in [-0.1, -0.05) is 26.0 Å². The summed E-state index contributed by atoms with van der Waals surface area (Å²) in [5.74, 6) is 0.403. The summed E-state index contributed by atoms with van der Waals surface area (Å²) in [5.41, 5.74) is -0.584. The zero-order valence-electron chi connectivity index (χ0n) is 25.3.